The van der Waals surface area contributed by atoms with Gasteiger partial charge >= 0.3 is 0 Å². The van der Waals surface area contributed by atoms with Crippen LogP contribution in [0.2, 0.25) is 0 Å². The van der Waals surface area contributed by atoms with E-state index in [1.165, 1.54) is 83.8 Å². The Morgan fingerprint density at radius 2 is 1.06 bits per heavy atom. The highest BCUT2D eigenvalue weighted by Crippen LogP contribution is 2.56. The molecule has 2 aliphatic heterocycles. The van der Waals surface area contributed by atoms with E-state index in [1.807, 2.05) is 0 Å². The molecule has 0 atom stereocenters. The molecule has 164 valence electrons. The van der Waals surface area contributed by atoms with Gasteiger partial charge in [0.15, 0.2) is 0 Å². The van der Waals surface area contributed by atoms with Crippen LogP contribution in [0.4, 0.5) is 17.1 Å². The van der Waals surface area contributed by atoms with Gasteiger partial charge in [0.25, 0.3) is 0 Å². The second-order valence-electron chi connectivity index (χ2n) is 10.5. The van der Waals surface area contributed by atoms with E-state index in [1.54, 1.807) is 0 Å². The summed E-state index contributed by atoms with van der Waals surface area (Å²) in [5.74, 6) is 0. The minimum atomic E-state index is 1.01. The molecular formula is C34H23N. The Kier molecular flexibility index (Phi) is 3.29. The lowest BCUT2D eigenvalue weighted by Gasteiger charge is -2.40. The minimum absolute atomic E-state index is 1.01. The Morgan fingerprint density at radius 3 is 1.97 bits per heavy atom. The van der Waals surface area contributed by atoms with Crippen LogP contribution in [-0.4, -0.2) is 0 Å². The predicted octanol–water partition coefficient (Wildman–Crippen LogP) is 8.11. The van der Waals surface area contributed by atoms with Crippen molar-refractivity contribution in [3.63, 3.8) is 0 Å². The topological polar surface area (TPSA) is 3.24 Å². The van der Waals surface area contributed by atoms with Gasteiger partial charge in [-0.25, -0.2) is 0 Å². The minimum Gasteiger partial charge on any atom is -0.309 e. The third-order valence-corrected chi connectivity index (χ3v) is 8.73. The molecule has 2 heterocycles. The molecule has 9 rings (SSSR count). The van der Waals surface area contributed by atoms with Gasteiger partial charge in [0.1, 0.15) is 0 Å². The smallest absolute Gasteiger partial charge is 0.0532 e. The van der Waals surface area contributed by atoms with Crippen molar-refractivity contribution in [2.24, 2.45) is 0 Å². The molecule has 5 aromatic rings. The van der Waals surface area contributed by atoms with Crippen molar-refractivity contribution in [3.8, 4) is 22.3 Å². The highest BCUT2D eigenvalue weighted by molar-refractivity contribution is 5.97. The fourth-order valence-electron chi connectivity index (χ4n) is 7.32. The van der Waals surface area contributed by atoms with Crippen LogP contribution < -0.4 is 4.90 Å². The Morgan fingerprint density at radius 1 is 0.400 bits per heavy atom. The van der Waals surface area contributed by atoms with Crippen molar-refractivity contribution in [3.05, 3.63) is 136 Å². The van der Waals surface area contributed by atoms with Crippen LogP contribution in [0.3, 0.4) is 0 Å². The first-order valence-corrected chi connectivity index (χ1v) is 12.7. The van der Waals surface area contributed by atoms with Gasteiger partial charge in [0.05, 0.1) is 11.4 Å². The number of nitrogens with zero attached hydrogens (tertiary/aromatic N) is 1. The normalized spacial score (nSPS) is 14.9. The molecule has 35 heavy (non-hydrogen) atoms. The second-order valence-corrected chi connectivity index (χ2v) is 10.5. The first-order chi connectivity index (χ1) is 17.3. The molecule has 0 spiro atoms. The number of rotatable bonds is 0. The Balaban J connectivity index is 1.33. The fourth-order valence-corrected chi connectivity index (χ4v) is 7.32. The van der Waals surface area contributed by atoms with Gasteiger partial charge in [0.2, 0.25) is 0 Å². The molecular weight excluding hydrogens is 422 g/mol. The molecule has 5 aromatic carbocycles. The zero-order chi connectivity index (χ0) is 22.7. The average Bonchev–Trinajstić information content (AvgIpc) is 3.47. The SMILES string of the molecule is c1ccc2c(c1)Cc1c-2ccc2c1-c1c(ccc3c1Cc1cccc4c1N3c1ccccc1C4)C2. The molecule has 0 amide bonds. The Hall–Kier alpha value is -4.10. The lowest BCUT2D eigenvalue weighted by Crippen LogP contribution is -2.25. The van der Waals surface area contributed by atoms with Crippen molar-refractivity contribution in [2.75, 3.05) is 4.90 Å². The first-order valence-electron chi connectivity index (χ1n) is 12.7. The van der Waals surface area contributed by atoms with E-state index in [9.17, 15) is 0 Å². The van der Waals surface area contributed by atoms with E-state index in [0.29, 0.717) is 0 Å². The summed E-state index contributed by atoms with van der Waals surface area (Å²) in [6.45, 7) is 0. The van der Waals surface area contributed by atoms with Crippen LogP contribution in [-0.2, 0) is 25.7 Å². The fraction of sp³-hybridized carbons (Fsp3) is 0.118. The number of anilines is 3. The predicted molar refractivity (Wildman–Crippen MR) is 143 cm³/mol. The van der Waals surface area contributed by atoms with E-state index in [2.05, 4.69) is 95.9 Å². The lowest BCUT2D eigenvalue weighted by atomic mass is 9.83. The van der Waals surface area contributed by atoms with Gasteiger partial charge in [-0.3, -0.25) is 0 Å². The van der Waals surface area contributed by atoms with Gasteiger partial charge in [-0.15, -0.1) is 0 Å². The zero-order valence-electron chi connectivity index (χ0n) is 19.4. The molecule has 0 saturated carbocycles. The molecule has 0 fully saturated rings. The maximum Gasteiger partial charge on any atom is 0.0532 e. The van der Waals surface area contributed by atoms with Crippen molar-refractivity contribution >= 4 is 17.1 Å². The van der Waals surface area contributed by atoms with Crippen molar-refractivity contribution in [2.45, 2.75) is 25.7 Å². The maximum absolute atomic E-state index is 2.57. The number of hydrogen-bond acceptors (Lipinski definition) is 1. The highest BCUT2D eigenvalue weighted by Gasteiger charge is 2.36. The summed E-state index contributed by atoms with van der Waals surface area (Å²) in [6.07, 6.45) is 4.12. The third kappa shape index (κ3) is 2.24. The summed E-state index contributed by atoms with van der Waals surface area (Å²) in [7, 11) is 0. The van der Waals surface area contributed by atoms with Crippen LogP contribution in [0, 0.1) is 0 Å². The number of fused-ring (bicyclic) bond motifs is 12. The van der Waals surface area contributed by atoms with Crippen LogP contribution in [0.25, 0.3) is 22.3 Å². The first kappa shape index (κ1) is 18.3. The van der Waals surface area contributed by atoms with E-state index >= 15 is 0 Å². The average molecular weight is 446 g/mol. The van der Waals surface area contributed by atoms with Crippen molar-refractivity contribution in [1.29, 1.82) is 0 Å². The van der Waals surface area contributed by atoms with Crippen LogP contribution >= 0.6 is 0 Å². The number of hydrogen-bond donors (Lipinski definition) is 0. The van der Waals surface area contributed by atoms with E-state index in [4.69, 9.17) is 0 Å². The largest absolute Gasteiger partial charge is 0.309 e. The standard InChI is InChI=1S/C34H23N/c1-3-10-26-20(6-1)18-28-27(26)14-12-22-17-23-13-15-31-29(33(23)32(22)28)19-25-9-5-8-24-16-21-7-2-4-11-30(21)35(31)34(24)25/h1-15H,16-19H2. The number of para-hydroxylation sites is 2. The second kappa shape index (κ2) is 6.31. The van der Waals surface area contributed by atoms with E-state index in [-0.39, 0.29) is 0 Å². The Bertz CT molecular complexity index is 1760. The van der Waals surface area contributed by atoms with Crippen LogP contribution in [0.15, 0.2) is 91.0 Å². The molecule has 2 aliphatic carbocycles. The molecule has 4 aliphatic rings. The van der Waals surface area contributed by atoms with Gasteiger partial charge in [-0.1, -0.05) is 78.9 Å². The molecule has 0 unspecified atom stereocenters. The van der Waals surface area contributed by atoms with Gasteiger partial charge < -0.3 is 4.90 Å². The maximum atomic E-state index is 2.57. The van der Waals surface area contributed by atoms with Crippen molar-refractivity contribution < 1.29 is 0 Å². The molecule has 0 N–H and O–H groups in total. The van der Waals surface area contributed by atoms with Crippen molar-refractivity contribution in [1.82, 2.24) is 0 Å². The zero-order valence-corrected chi connectivity index (χ0v) is 19.4. The lowest BCUT2D eigenvalue weighted by molar-refractivity contribution is 1.01. The summed E-state index contributed by atoms with van der Waals surface area (Å²) in [5.41, 5.74) is 21.9. The molecule has 1 heteroatoms. The van der Waals surface area contributed by atoms with Crippen LogP contribution in [0.5, 0.6) is 0 Å². The summed E-state index contributed by atoms with van der Waals surface area (Å²) in [4.78, 5) is 2.57. The van der Waals surface area contributed by atoms with E-state index < -0.39 is 0 Å². The van der Waals surface area contributed by atoms with Crippen LogP contribution in [0.1, 0.15) is 44.5 Å². The summed E-state index contributed by atoms with van der Waals surface area (Å²) < 4.78 is 0. The van der Waals surface area contributed by atoms with Gasteiger partial charge in [-0.05, 0) is 91.7 Å². The monoisotopic (exact) mass is 445 g/mol. The summed E-state index contributed by atoms with van der Waals surface area (Å²) >= 11 is 0. The molecule has 0 bridgehead atoms. The third-order valence-electron chi connectivity index (χ3n) is 8.73. The molecule has 0 aromatic heterocycles. The molecule has 1 nitrogen and oxygen atoms in total. The Labute approximate surface area is 205 Å². The summed E-state index contributed by atoms with van der Waals surface area (Å²) in [6, 6.07) is 34.4. The van der Waals surface area contributed by atoms with Gasteiger partial charge in [0, 0.05) is 18.5 Å². The molecule has 0 radical (unpaired) electrons. The quantitative estimate of drug-likeness (QED) is 0.228. The summed E-state index contributed by atoms with van der Waals surface area (Å²) in [5, 5.41) is 0. The number of benzene rings is 5. The van der Waals surface area contributed by atoms with Gasteiger partial charge in [-0.2, -0.15) is 0 Å². The van der Waals surface area contributed by atoms with E-state index in [0.717, 1.165) is 25.7 Å². The highest BCUT2D eigenvalue weighted by atomic mass is 15.2. The molecule has 0 saturated heterocycles.